The number of halogens is 3. The van der Waals surface area contributed by atoms with E-state index in [4.69, 9.17) is 0 Å². The van der Waals surface area contributed by atoms with E-state index in [9.17, 15) is 13.2 Å². The first-order valence-electron chi connectivity index (χ1n) is 6.13. The van der Waals surface area contributed by atoms with Gasteiger partial charge >= 0.3 is 5.51 Å². The number of anilines is 1. The molecule has 0 unspecified atom stereocenters. The van der Waals surface area contributed by atoms with Gasteiger partial charge in [-0.3, -0.25) is 0 Å². The van der Waals surface area contributed by atoms with E-state index >= 15 is 0 Å². The molecule has 1 aromatic carbocycles. The molecule has 1 aliphatic carbocycles. The monoisotopic (exact) mass is 275 g/mol. The number of thioether (sulfide) groups is 1. The first-order chi connectivity index (χ1) is 8.54. The number of nitrogens with one attached hydrogen (secondary N) is 1. The maximum Gasteiger partial charge on any atom is 0.446 e. The zero-order valence-corrected chi connectivity index (χ0v) is 10.8. The third kappa shape index (κ3) is 4.12. The van der Waals surface area contributed by atoms with Crippen molar-refractivity contribution < 1.29 is 13.2 Å². The minimum atomic E-state index is -4.23. The number of benzene rings is 1. The summed E-state index contributed by atoms with van der Waals surface area (Å²) in [6, 6.07) is 6.62. The predicted molar refractivity (Wildman–Crippen MR) is 68.8 cm³/mol. The normalized spacial score (nSPS) is 17.1. The molecule has 0 aromatic heterocycles. The Hall–Kier alpha value is -0.840. The van der Waals surface area contributed by atoms with Crippen LogP contribution in [0.4, 0.5) is 18.9 Å². The van der Waals surface area contributed by atoms with E-state index in [0.29, 0.717) is 11.6 Å². The topological polar surface area (TPSA) is 12.0 Å². The van der Waals surface area contributed by atoms with Gasteiger partial charge in [0.2, 0.25) is 0 Å². The van der Waals surface area contributed by atoms with Crippen LogP contribution >= 0.6 is 11.8 Å². The van der Waals surface area contributed by atoms with Gasteiger partial charge in [-0.15, -0.1) is 0 Å². The molecule has 5 heteroatoms. The molecule has 1 fully saturated rings. The highest BCUT2D eigenvalue weighted by molar-refractivity contribution is 8.00. The Morgan fingerprint density at radius 1 is 1.17 bits per heavy atom. The Morgan fingerprint density at radius 2 is 1.83 bits per heavy atom. The lowest BCUT2D eigenvalue weighted by Crippen LogP contribution is -2.12. The zero-order chi connectivity index (χ0) is 13.0. The number of hydrogen-bond donors (Lipinski definition) is 1. The third-order valence-corrected chi connectivity index (χ3v) is 3.98. The summed E-state index contributed by atoms with van der Waals surface area (Å²) in [5, 5.41) is 3.16. The highest BCUT2D eigenvalue weighted by atomic mass is 32.2. The van der Waals surface area contributed by atoms with Gasteiger partial charge in [0.05, 0.1) is 0 Å². The fraction of sp³-hybridized carbons (Fsp3) is 0.538. The van der Waals surface area contributed by atoms with Gasteiger partial charge < -0.3 is 5.32 Å². The maximum absolute atomic E-state index is 12.4. The minimum Gasteiger partial charge on any atom is -0.384 e. The molecule has 0 amide bonds. The quantitative estimate of drug-likeness (QED) is 0.784. The third-order valence-electron chi connectivity index (χ3n) is 3.17. The van der Waals surface area contributed by atoms with Crippen molar-refractivity contribution in [1.82, 2.24) is 0 Å². The molecular weight excluding hydrogens is 259 g/mol. The SMILES string of the molecule is FC(F)(F)Sc1ccccc1NCC1CCCC1. The second-order valence-electron chi connectivity index (χ2n) is 4.58. The van der Waals surface area contributed by atoms with Crippen molar-refractivity contribution in [3.05, 3.63) is 24.3 Å². The molecule has 18 heavy (non-hydrogen) atoms. The van der Waals surface area contributed by atoms with E-state index in [0.717, 1.165) is 6.54 Å². The van der Waals surface area contributed by atoms with Crippen molar-refractivity contribution in [2.45, 2.75) is 36.1 Å². The standard InChI is InChI=1S/C13H16F3NS/c14-13(15,16)18-12-8-4-3-7-11(12)17-9-10-5-1-2-6-10/h3-4,7-8,10,17H,1-2,5-6,9H2. The molecule has 1 N–H and O–H groups in total. The number of alkyl halides is 3. The van der Waals surface area contributed by atoms with E-state index in [-0.39, 0.29) is 16.7 Å². The lowest BCUT2D eigenvalue weighted by molar-refractivity contribution is -0.0327. The highest BCUT2D eigenvalue weighted by Crippen LogP contribution is 2.40. The molecule has 0 bridgehead atoms. The Labute approximate surface area is 109 Å². The summed E-state index contributed by atoms with van der Waals surface area (Å²) in [4.78, 5) is 0.253. The van der Waals surface area contributed by atoms with Crippen LogP contribution in [0.15, 0.2) is 29.2 Å². The van der Waals surface area contributed by atoms with E-state index in [1.54, 1.807) is 18.2 Å². The van der Waals surface area contributed by atoms with E-state index in [2.05, 4.69) is 5.32 Å². The Kier molecular flexibility index (Phi) is 4.43. The van der Waals surface area contributed by atoms with Crippen LogP contribution in [0.2, 0.25) is 0 Å². The van der Waals surface area contributed by atoms with Gasteiger partial charge in [-0.25, -0.2) is 0 Å². The Bertz CT molecular complexity index is 386. The largest absolute Gasteiger partial charge is 0.446 e. The lowest BCUT2D eigenvalue weighted by atomic mass is 10.1. The average Bonchev–Trinajstić information content (AvgIpc) is 2.79. The number of hydrogen-bond acceptors (Lipinski definition) is 2. The van der Waals surface area contributed by atoms with E-state index < -0.39 is 5.51 Å². The smallest absolute Gasteiger partial charge is 0.384 e. The highest BCUT2D eigenvalue weighted by Gasteiger charge is 2.30. The fourth-order valence-corrected chi connectivity index (χ4v) is 2.94. The summed E-state index contributed by atoms with van der Waals surface area (Å²) < 4.78 is 37.2. The first-order valence-corrected chi connectivity index (χ1v) is 6.95. The molecule has 0 radical (unpaired) electrons. The molecule has 0 saturated heterocycles. The summed E-state index contributed by atoms with van der Waals surface area (Å²) in [7, 11) is 0. The molecule has 0 heterocycles. The summed E-state index contributed by atoms with van der Waals surface area (Å²) in [6.45, 7) is 0.773. The van der Waals surface area contributed by atoms with Crippen molar-refractivity contribution in [3.8, 4) is 0 Å². The van der Waals surface area contributed by atoms with Crippen LogP contribution in [0.3, 0.4) is 0 Å². The van der Waals surface area contributed by atoms with Crippen LogP contribution in [0.1, 0.15) is 25.7 Å². The van der Waals surface area contributed by atoms with Crippen LogP contribution in [0, 0.1) is 5.92 Å². The lowest BCUT2D eigenvalue weighted by Gasteiger charge is -2.15. The number of rotatable bonds is 4. The molecule has 0 spiro atoms. The Morgan fingerprint density at radius 3 is 2.50 bits per heavy atom. The van der Waals surface area contributed by atoms with E-state index in [1.165, 1.54) is 31.7 Å². The molecule has 0 atom stereocenters. The van der Waals surface area contributed by atoms with Crippen molar-refractivity contribution in [2.75, 3.05) is 11.9 Å². The average molecular weight is 275 g/mol. The molecule has 1 aliphatic rings. The van der Waals surface area contributed by atoms with Crippen molar-refractivity contribution in [3.63, 3.8) is 0 Å². The molecule has 1 saturated carbocycles. The second kappa shape index (κ2) is 5.87. The summed E-state index contributed by atoms with van der Waals surface area (Å²) in [5.74, 6) is 0.606. The van der Waals surface area contributed by atoms with Gasteiger partial charge in [0.15, 0.2) is 0 Å². The summed E-state index contributed by atoms with van der Waals surface area (Å²) in [6.07, 6.45) is 4.85. The van der Waals surface area contributed by atoms with E-state index in [1.807, 2.05) is 0 Å². The van der Waals surface area contributed by atoms with Crippen LogP contribution in [-0.2, 0) is 0 Å². The van der Waals surface area contributed by atoms with Gasteiger partial charge in [-0.2, -0.15) is 13.2 Å². The van der Waals surface area contributed by atoms with Crippen LogP contribution in [0.5, 0.6) is 0 Å². The Balaban J connectivity index is 1.98. The van der Waals surface area contributed by atoms with Gasteiger partial charge in [0, 0.05) is 17.1 Å². The molecule has 1 nitrogen and oxygen atoms in total. The van der Waals surface area contributed by atoms with Crippen molar-refractivity contribution >= 4 is 17.4 Å². The van der Waals surface area contributed by atoms with Crippen LogP contribution in [-0.4, -0.2) is 12.1 Å². The summed E-state index contributed by atoms with van der Waals surface area (Å²) in [5.41, 5.74) is -3.64. The maximum atomic E-state index is 12.4. The van der Waals surface area contributed by atoms with Crippen LogP contribution in [0.25, 0.3) is 0 Å². The van der Waals surface area contributed by atoms with Gasteiger partial charge in [-0.1, -0.05) is 25.0 Å². The van der Waals surface area contributed by atoms with Gasteiger partial charge in [0.1, 0.15) is 0 Å². The molecule has 100 valence electrons. The number of para-hydroxylation sites is 1. The molecule has 0 aliphatic heterocycles. The van der Waals surface area contributed by atoms with Crippen molar-refractivity contribution in [1.29, 1.82) is 0 Å². The van der Waals surface area contributed by atoms with Gasteiger partial charge in [-0.05, 0) is 42.7 Å². The van der Waals surface area contributed by atoms with Gasteiger partial charge in [0.25, 0.3) is 0 Å². The molecule has 1 aromatic rings. The molecular formula is C13H16F3NS. The molecule has 2 rings (SSSR count). The van der Waals surface area contributed by atoms with Crippen molar-refractivity contribution in [2.24, 2.45) is 5.92 Å². The van der Waals surface area contributed by atoms with Crippen LogP contribution < -0.4 is 5.32 Å². The summed E-state index contributed by atoms with van der Waals surface area (Å²) >= 11 is -0.0526. The predicted octanol–water partition coefficient (Wildman–Crippen LogP) is 4.90. The minimum absolute atomic E-state index is 0.0526. The fourth-order valence-electron chi connectivity index (χ4n) is 2.30. The first kappa shape index (κ1) is 13.6. The second-order valence-corrected chi connectivity index (χ2v) is 5.68. The zero-order valence-electron chi connectivity index (χ0n) is 9.96.